The Kier molecular flexibility index (Phi) is 6.25. The van der Waals surface area contributed by atoms with E-state index in [0.29, 0.717) is 22.9 Å². The Morgan fingerprint density at radius 1 is 0.682 bits per heavy atom. The molecule has 0 amide bonds. The summed E-state index contributed by atoms with van der Waals surface area (Å²) in [5, 5.41) is 10.7. The number of phenols is 1. The molecule has 220 valence electrons. The molecule has 0 atom stereocenters. The average molecular weight is 582 g/mol. The fraction of sp³-hybridized carbons (Fsp3) is 0.216. The first-order chi connectivity index (χ1) is 21.0. The van der Waals surface area contributed by atoms with Crippen LogP contribution in [0.3, 0.4) is 0 Å². The van der Waals surface area contributed by atoms with Crippen molar-refractivity contribution in [3.8, 4) is 34.5 Å². The number of fused-ring (bicyclic) bond motifs is 5. The van der Waals surface area contributed by atoms with Gasteiger partial charge in [-0.05, 0) is 76.6 Å². The Hall–Kier alpha value is -5.17. The molecule has 44 heavy (non-hydrogen) atoms. The van der Waals surface area contributed by atoms with Gasteiger partial charge in [-0.25, -0.2) is 15.0 Å². The van der Waals surface area contributed by atoms with Crippen LogP contribution in [0.1, 0.15) is 52.7 Å². The summed E-state index contributed by atoms with van der Waals surface area (Å²) >= 11 is 0. The molecule has 0 spiro atoms. The summed E-state index contributed by atoms with van der Waals surface area (Å²) in [4.78, 5) is 14.5. The van der Waals surface area contributed by atoms with E-state index in [1.54, 1.807) is 12.3 Å². The van der Waals surface area contributed by atoms with Crippen molar-refractivity contribution in [1.82, 2.24) is 23.9 Å². The first-order valence-corrected chi connectivity index (χ1v) is 14.8. The third-order valence-corrected chi connectivity index (χ3v) is 8.09. The van der Waals surface area contributed by atoms with Gasteiger partial charge in [-0.15, -0.1) is 0 Å². The predicted octanol–water partition coefficient (Wildman–Crippen LogP) is 8.98. The lowest BCUT2D eigenvalue weighted by Crippen LogP contribution is -2.10. The van der Waals surface area contributed by atoms with Crippen LogP contribution in [0, 0.1) is 0 Å². The maximum Gasteiger partial charge on any atom is 0.221 e. The molecule has 0 bridgehead atoms. The molecule has 0 aliphatic carbocycles. The largest absolute Gasteiger partial charge is 0.507 e. The van der Waals surface area contributed by atoms with Crippen molar-refractivity contribution >= 4 is 27.8 Å². The van der Waals surface area contributed by atoms with Gasteiger partial charge in [0.2, 0.25) is 11.7 Å². The van der Waals surface area contributed by atoms with Crippen LogP contribution >= 0.6 is 0 Å². The van der Waals surface area contributed by atoms with Crippen molar-refractivity contribution < 1.29 is 9.84 Å². The lowest BCUT2D eigenvalue weighted by Gasteiger charge is -2.20. The highest BCUT2D eigenvalue weighted by Crippen LogP contribution is 2.36. The fourth-order valence-corrected chi connectivity index (χ4v) is 5.62. The molecule has 7 aromatic rings. The van der Waals surface area contributed by atoms with Crippen LogP contribution in [-0.2, 0) is 10.8 Å². The predicted molar refractivity (Wildman–Crippen MR) is 176 cm³/mol. The van der Waals surface area contributed by atoms with Gasteiger partial charge in [0.15, 0.2) is 0 Å². The van der Waals surface area contributed by atoms with Gasteiger partial charge in [0.05, 0.1) is 27.8 Å². The molecule has 4 aromatic heterocycles. The molecule has 7 heteroatoms. The zero-order valence-electron chi connectivity index (χ0n) is 25.8. The van der Waals surface area contributed by atoms with Crippen molar-refractivity contribution in [2.24, 2.45) is 0 Å². The molecule has 7 nitrogen and oxygen atoms in total. The summed E-state index contributed by atoms with van der Waals surface area (Å²) in [6, 6.07) is 29.7. The maximum absolute atomic E-state index is 10.7. The van der Waals surface area contributed by atoms with Crippen LogP contribution in [0.2, 0.25) is 0 Å². The number of benzene rings is 3. The van der Waals surface area contributed by atoms with Gasteiger partial charge < -0.3 is 9.84 Å². The molecule has 0 fully saturated rings. The van der Waals surface area contributed by atoms with E-state index in [9.17, 15) is 5.11 Å². The number of rotatable bonds is 4. The molecule has 1 N–H and O–H groups in total. The van der Waals surface area contributed by atoms with Gasteiger partial charge >= 0.3 is 0 Å². The summed E-state index contributed by atoms with van der Waals surface area (Å²) in [5.41, 5.74) is 7.51. The number of aromatic nitrogens is 5. The highest BCUT2D eigenvalue weighted by atomic mass is 16.5. The number of pyridine rings is 2. The van der Waals surface area contributed by atoms with E-state index in [4.69, 9.17) is 14.7 Å². The highest BCUT2D eigenvalue weighted by molar-refractivity contribution is 5.92. The number of ether oxygens (including phenoxy) is 1. The smallest absolute Gasteiger partial charge is 0.221 e. The summed E-state index contributed by atoms with van der Waals surface area (Å²) in [6.45, 7) is 13.1. The van der Waals surface area contributed by atoms with Crippen LogP contribution in [0.4, 0.5) is 0 Å². The van der Waals surface area contributed by atoms with Crippen molar-refractivity contribution in [2.75, 3.05) is 0 Å². The summed E-state index contributed by atoms with van der Waals surface area (Å²) < 4.78 is 10.6. The van der Waals surface area contributed by atoms with Gasteiger partial charge in [0.1, 0.15) is 17.3 Å². The fourth-order valence-electron chi connectivity index (χ4n) is 5.62. The molecule has 0 saturated carbocycles. The highest BCUT2D eigenvalue weighted by Gasteiger charge is 2.22. The van der Waals surface area contributed by atoms with E-state index in [1.807, 2.05) is 60.7 Å². The molecule has 0 aliphatic rings. The standard InChI is InChI=1S/C37H35N5O2/c1-36(2,3)23-14-18-32(43)26(20-23)27-10-9-12-34(39-27)44-25-15-17-29-31(22-25)42(33-11-7-8-19-38-33)35-40-28-16-13-24(37(4,5)6)21-30(28)41(29)35/h7-22,43H,1-6H3. The monoisotopic (exact) mass is 581 g/mol. The van der Waals surface area contributed by atoms with Gasteiger partial charge in [-0.3, -0.25) is 8.97 Å². The minimum Gasteiger partial charge on any atom is -0.507 e. The van der Waals surface area contributed by atoms with Gasteiger partial charge in [0.25, 0.3) is 0 Å². The van der Waals surface area contributed by atoms with Crippen LogP contribution in [0.5, 0.6) is 17.4 Å². The maximum atomic E-state index is 10.7. The summed E-state index contributed by atoms with van der Waals surface area (Å²) in [7, 11) is 0. The van der Waals surface area contributed by atoms with Crippen LogP contribution in [-0.4, -0.2) is 29.0 Å². The minimum absolute atomic E-state index is 0.00506. The number of hydrogen-bond donors (Lipinski definition) is 1. The van der Waals surface area contributed by atoms with E-state index in [1.165, 1.54) is 5.56 Å². The van der Waals surface area contributed by atoms with E-state index in [-0.39, 0.29) is 16.6 Å². The number of phenolic OH excluding ortho intramolecular Hbond substituents is 1. The van der Waals surface area contributed by atoms with Gasteiger partial charge in [-0.1, -0.05) is 65.8 Å². The molecule has 4 heterocycles. The topological polar surface area (TPSA) is 77.5 Å². The Labute approximate surface area is 256 Å². The number of imidazole rings is 2. The van der Waals surface area contributed by atoms with Crippen molar-refractivity contribution in [1.29, 1.82) is 0 Å². The first-order valence-electron chi connectivity index (χ1n) is 14.8. The number of aromatic hydroxyl groups is 1. The Morgan fingerprint density at radius 2 is 1.45 bits per heavy atom. The Bertz CT molecular complexity index is 2180. The molecule has 7 rings (SSSR count). The molecule has 0 radical (unpaired) electrons. The van der Waals surface area contributed by atoms with E-state index in [2.05, 4.69) is 79.8 Å². The van der Waals surface area contributed by atoms with E-state index < -0.39 is 0 Å². The normalized spacial score (nSPS) is 12.4. The van der Waals surface area contributed by atoms with Crippen molar-refractivity contribution in [3.05, 3.63) is 108 Å². The van der Waals surface area contributed by atoms with Crippen molar-refractivity contribution in [2.45, 2.75) is 52.4 Å². The second kappa shape index (κ2) is 9.95. The lowest BCUT2D eigenvalue weighted by atomic mass is 9.85. The quantitative estimate of drug-likeness (QED) is 0.224. The van der Waals surface area contributed by atoms with Crippen LogP contribution < -0.4 is 4.74 Å². The molecule has 0 aliphatic heterocycles. The molecule has 0 saturated heterocycles. The summed E-state index contributed by atoms with van der Waals surface area (Å²) in [5.74, 6) is 2.80. The third-order valence-electron chi connectivity index (χ3n) is 8.09. The Balaban J connectivity index is 1.35. The van der Waals surface area contributed by atoms with Crippen LogP contribution in [0.25, 0.3) is 44.9 Å². The molecule has 3 aromatic carbocycles. The summed E-state index contributed by atoms with van der Waals surface area (Å²) in [6.07, 6.45) is 1.79. The third kappa shape index (κ3) is 4.74. The van der Waals surface area contributed by atoms with E-state index in [0.717, 1.165) is 39.2 Å². The number of hydrogen-bond acceptors (Lipinski definition) is 5. The minimum atomic E-state index is -0.0616. The van der Waals surface area contributed by atoms with Crippen LogP contribution in [0.15, 0.2) is 97.2 Å². The second-order valence-corrected chi connectivity index (χ2v) is 13.3. The first kappa shape index (κ1) is 27.7. The van der Waals surface area contributed by atoms with Crippen molar-refractivity contribution in [3.63, 3.8) is 0 Å². The molecular formula is C37H35N5O2. The zero-order valence-corrected chi connectivity index (χ0v) is 25.8. The van der Waals surface area contributed by atoms with Gasteiger partial charge in [0, 0.05) is 23.9 Å². The SMILES string of the molecule is CC(C)(C)c1ccc(O)c(-c2cccc(Oc3ccc4c(c3)n(-c3ccccn3)c3nc5ccc(C(C)(C)C)cc5n43)n2)c1. The molecular weight excluding hydrogens is 546 g/mol. The average Bonchev–Trinajstić information content (AvgIpc) is 3.50. The zero-order chi connectivity index (χ0) is 30.8. The van der Waals surface area contributed by atoms with E-state index >= 15 is 0 Å². The lowest BCUT2D eigenvalue weighted by molar-refractivity contribution is 0.463. The number of nitrogens with zero attached hydrogens (tertiary/aromatic N) is 5. The van der Waals surface area contributed by atoms with Gasteiger partial charge in [-0.2, -0.15) is 0 Å². The Morgan fingerprint density at radius 3 is 2.20 bits per heavy atom. The molecule has 0 unspecified atom stereocenters. The second-order valence-electron chi connectivity index (χ2n) is 13.3.